The van der Waals surface area contributed by atoms with Crippen LogP contribution in [-0.2, 0) is 17.6 Å². The molecule has 0 unspecified atom stereocenters. The molecule has 30 heavy (non-hydrogen) atoms. The van der Waals surface area contributed by atoms with Crippen LogP contribution in [0.5, 0.6) is 0 Å². The van der Waals surface area contributed by atoms with Crippen molar-refractivity contribution in [1.29, 1.82) is 0 Å². The highest BCUT2D eigenvalue weighted by atomic mass is 35.5. The Labute approximate surface area is 191 Å². The first-order valence-corrected chi connectivity index (χ1v) is 12.4. The standard InChI is InChI=1S/C20H19ClN4O2S3/c1-11-24-25-20(29-11)28-10-16(26)23-19-17(14-4-2-3-5-15(14)30-19)18(27)22-13-8-6-12(21)7-9-13/h6-9H,2-5,10H2,1H3,(H,22,27)(H,23,26). The molecule has 2 amide bonds. The lowest BCUT2D eigenvalue weighted by Gasteiger charge is -2.13. The molecule has 2 aromatic heterocycles. The van der Waals surface area contributed by atoms with Crippen molar-refractivity contribution in [2.75, 3.05) is 16.4 Å². The molecule has 0 atom stereocenters. The number of carbonyl (C=O) groups is 2. The Morgan fingerprint density at radius 2 is 1.87 bits per heavy atom. The number of aryl methyl sites for hydroxylation is 2. The van der Waals surface area contributed by atoms with Crippen LogP contribution in [-0.4, -0.2) is 27.8 Å². The largest absolute Gasteiger partial charge is 0.322 e. The van der Waals surface area contributed by atoms with Gasteiger partial charge in [-0.3, -0.25) is 9.59 Å². The first kappa shape index (κ1) is 21.3. The third kappa shape index (κ3) is 5.03. The number of benzene rings is 1. The molecule has 156 valence electrons. The molecule has 0 spiro atoms. The average molecular weight is 479 g/mol. The predicted molar refractivity (Wildman–Crippen MR) is 124 cm³/mol. The van der Waals surface area contributed by atoms with Gasteiger partial charge in [-0.25, -0.2) is 0 Å². The fraction of sp³-hybridized carbons (Fsp3) is 0.300. The number of thioether (sulfide) groups is 1. The molecule has 0 aliphatic heterocycles. The van der Waals surface area contributed by atoms with Crippen molar-refractivity contribution in [3.8, 4) is 0 Å². The number of halogens is 1. The van der Waals surface area contributed by atoms with Gasteiger partial charge in [0.25, 0.3) is 5.91 Å². The van der Waals surface area contributed by atoms with Crippen LogP contribution in [0.15, 0.2) is 28.6 Å². The smallest absolute Gasteiger partial charge is 0.258 e. The number of nitrogens with one attached hydrogen (secondary N) is 2. The molecular weight excluding hydrogens is 460 g/mol. The van der Waals surface area contributed by atoms with Crippen LogP contribution in [0.2, 0.25) is 5.02 Å². The summed E-state index contributed by atoms with van der Waals surface area (Å²) in [6.45, 7) is 1.88. The minimum Gasteiger partial charge on any atom is -0.322 e. The zero-order valence-corrected chi connectivity index (χ0v) is 19.4. The number of rotatable bonds is 6. The van der Waals surface area contributed by atoms with Crippen LogP contribution in [0.25, 0.3) is 0 Å². The maximum atomic E-state index is 13.1. The van der Waals surface area contributed by atoms with Crippen LogP contribution in [0.1, 0.15) is 38.6 Å². The van der Waals surface area contributed by atoms with E-state index in [1.165, 1.54) is 39.3 Å². The lowest BCUT2D eigenvalue weighted by molar-refractivity contribution is -0.113. The molecule has 0 saturated heterocycles. The highest BCUT2D eigenvalue weighted by Gasteiger charge is 2.26. The van der Waals surface area contributed by atoms with Crippen molar-refractivity contribution in [3.05, 3.63) is 50.3 Å². The van der Waals surface area contributed by atoms with Gasteiger partial charge in [0.05, 0.1) is 11.3 Å². The first-order valence-electron chi connectivity index (χ1n) is 9.44. The summed E-state index contributed by atoms with van der Waals surface area (Å²) in [6.07, 6.45) is 3.94. The molecule has 0 fully saturated rings. The van der Waals surface area contributed by atoms with E-state index in [4.69, 9.17) is 11.6 Å². The third-order valence-corrected chi connectivity index (χ3v) is 8.02. The van der Waals surface area contributed by atoms with E-state index in [1.807, 2.05) is 6.92 Å². The zero-order valence-electron chi connectivity index (χ0n) is 16.2. The van der Waals surface area contributed by atoms with Crippen molar-refractivity contribution in [3.63, 3.8) is 0 Å². The molecule has 0 saturated carbocycles. The lowest BCUT2D eigenvalue weighted by Crippen LogP contribution is -2.19. The minimum atomic E-state index is -0.209. The first-order chi connectivity index (χ1) is 14.5. The van der Waals surface area contributed by atoms with E-state index in [2.05, 4.69) is 20.8 Å². The fourth-order valence-corrected chi connectivity index (χ4v) is 6.29. The zero-order chi connectivity index (χ0) is 21.1. The number of aromatic nitrogens is 2. The molecule has 4 rings (SSSR count). The Morgan fingerprint density at radius 1 is 1.10 bits per heavy atom. The van der Waals surface area contributed by atoms with E-state index < -0.39 is 0 Å². The van der Waals surface area contributed by atoms with E-state index in [0.717, 1.165) is 40.6 Å². The molecule has 1 aromatic carbocycles. The summed E-state index contributed by atoms with van der Waals surface area (Å²) in [5.41, 5.74) is 2.30. The van der Waals surface area contributed by atoms with E-state index in [1.54, 1.807) is 24.3 Å². The van der Waals surface area contributed by atoms with Gasteiger partial charge in [-0.1, -0.05) is 34.7 Å². The van der Waals surface area contributed by atoms with Crippen LogP contribution in [0.4, 0.5) is 10.7 Å². The maximum Gasteiger partial charge on any atom is 0.258 e. The molecule has 10 heteroatoms. The quantitative estimate of drug-likeness (QED) is 0.462. The maximum absolute atomic E-state index is 13.1. The van der Waals surface area contributed by atoms with Crippen molar-refractivity contribution in [2.24, 2.45) is 0 Å². The molecule has 0 bridgehead atoms. The van der Waals surface area contributed by atoms with Crippen molar-refractivity contribution >= 4 is 68.5 Å². The topological polar surface area (TPSA) is 84.0 Å². The van der Waals surface area contributed by atoms with E-state index in [-0.39, 0.29) is 17.6 Å². The molecule has 6 nitrogen and oxygen atoms in total. The van der Waals surface area contributed by atoms with Gasteiger partial charge < -0.3 is 10.6 Å². The molecule has 1 aliphatic rings. The predicted octanol–water partition coefficient (Wildman–Crippen LogP) is 5.42. The monoisotopic (exact) mass is 478 g/mol. The highest BCUT2D eigenvalue weighted by molar-refractivity contribution is 8.01. The van der Waals surface area contributed by atoms with Gasteiger partial charge in [0.1, 0.15) is 10.0 Å². The van der Waals surface area contributed by atoms with Crippen LogP contribution >= 0.6 is 46.0 Å². The van der Waals surface area contributed by atoms with Crippen molar-refractivity contribution in [2.45, 2.75) is 36.9 Å². The summed E-state index contributed by atoms with van der Waals surface area (Å²) in [4.78, 5) is 26.9. The normalized spacial score (nSPS) is 13.0. The Kier molecular flexibility index (Phi) is 6.72. The Morgan fingerprint density at radius 3 is 2.60 bits per heavy atom. The van der Waals surface area contributed by atoms with Gasteiger partial charge in [0, 0.05) is 15.6 Å². The summed E-state index contributed by atoms with van der Waals surface area (Å²) < 4.78 is 0.758. The van der Waals surface area contributed by atoms with Crippen molar-refractivity contribution < 1.29 is 9.59 Å². The summed E-state index contributed by atoms with van der Waals surface area (Å²) in [6, 6.07) is 6.99. The molecule has 0 radical (unpaired) electrons. The number of nitrogens with zero attached hydrogens (tertiary/aromatic N) is 2. The molecule has 2 N–H and O–H groups in total. The lowest BCUT2D eigenvalue weighted by atomic mass is 9.95. The number of hydrogen-bond acceptors (Lipinski definition) is 7. The Balaban J connectivity index is 1.52. The number of thiophene rings is 1. The molecular formula is C20H19ClN4O2S3. The molecule has 1 aliphatic carbocycles. The number of amides is 2. The second kappa shape index (κ2) is 9.47. The minimum absolute atomic E-state index is 0.160. The summed E-state index contributed by atoms with van der Waals surface area (Å²) in [5, 5.41) is 16.0. The Bertz CT molecular complexity index is 1080. The molecule has 2 heterocycles. The average Bonchev–Trinajstić information content (AvgIpc) is 3.31. The second-order valence-electron chi connectivity index (χ2n) is 6.80. The van der Waals surface area contributed by atoms with E-state index >= 15 is 0 Å². The highest BCUT2D eigenvalue weighted by Crippen LogP contribution is 2.38. The van der Waals surface area contributed by atoms with E-state index in [9.17, 15) is 9.59 Å². The van der Waals surface area contributed by atoms with Gasteiger partial charge in [0.2, 0.25) is 5.91 Å². The van der Waals surface area contributed by atoms with Gasteiger partial charge in [-0.05, 0) is 62.4 Å². The second-order valence-corrected chi connectivity index (χ2v) is 10.7. The van der Waals surface area contributed by atoms with Gasteiger partial charge in [0.15, 0.2) is 4.34 Å². The van der Waals surface area contributed by atoms with Crippen LogP contribution < -0.4 is 10.6 Å². The van der Waals surface area contributed by atoms with Gasteiger partial charge in [-0.2, -0.15) is 0 Å². The number of fused-ring (bicyclic) bond motifs is 1. The van der Waals surface area contributed by atoms with Crippen LogP contribution in [0.3, 0.4) is 0 Å². The third-order valence-electron chi connectivity index (χ3n) is 4.59. The number of anilines is 2. The van der Waals surface area contributed by atoms with Crippen LogP contribution in [0, 0.1) is 6.92 Å². The summed E-state index contributed by atoms with van der Waals surface area (Å²) in [7, 11) is 0. The Hall–Kier alpha value is -1.94. The van der Waals surface area contributed by atoms with Crippen molar-refractivity contribution in [1.82, 2.24) is 10.2 Å². The number of hydrogen-bond donors (Lipinski definition) is 2. The van der Waals surface area contributed by atoms with Gasteiger partial charge in [-0.15, -0.1) is 21.5 Å². The fourth-order valence-electron chi connectivity index (χ4n) is 3.25. The summed E-state index contributed by atoms with van der Waals surface area (Å²) in [5.74, 6) is -0.151. The van der Waals surface area contributed by atoms with Gasteiger partial charge >= 0.3 is 0 Å². The summed E-state index contributed by atoms with van der Waals surface area (Å²) >= 11 is 10.2. The number of carbonyl (C=O) groups excluding carboxylic acids is 2. The molecule has 3 aromatic rings. The van der Waals surface area contributed by atoms with E-state index in [0.29, 0.717) is 21.3 Å². The SMILES string of the molecule is Cc1nnc(SCC(=O)Nc2sc3c(c2C(=O)Nc2ccc(Cl)cc2)CCCC3)s1.